The first-order valence-corrected chi connectivity index (χ1v) is 7.86. The molecule has 1 heterocycles. The van der Waals surface area contributed by atoms with Gasteiger partial charge in [0.25, 0.3) is 0 Å². The van der Waals surface area contributed by atoms with E-state index in [1.54, 1.807) is 41.1 Å². The van der Waals surface area contributed by atoms with Gasteiger partial charge in [0.1, 0.15) is 6.04 Å². The van der Waals surface area contributed by atoms with E-state index < -0.39 is 6.04 Å². The van der Waals surface area contributed by atoms with Gasteiger partial charge >= 0.3 is 0 Å². The van der Waals surface area contributed by atoms with Gasteiger partial charge in [-0.1, -0.05) is 29.8 Å². The molecule has 2 aromatic carbocycles. The Balaban J connectivity index is 1.87. The fourth-order valence-corrected chi connectivity index (χ4v) is 2.97. The van der Waals surface area contributed by atoms with Crippen LogP contribution in [-0.4, -0.2) is 24.9 Å². The lowest BCUT2D eigenvalue weighted by Crippen LogP contribution is -2.45. The van der Waals surface area contributed by atoms with E-state index in [1.807, 2.05) is 30.3 Å². The predicted octanol–water partition coefficient (Wildman–Crippen LogP) is 3.50. The maximum absolute atomic E-state index is 12.8. The fourth-order valence-electron chi connectivity index (χ4n) is 2.85. The smallest absolute Gasteiger partial charge is 0.249 e. The van der Waals surface area contributed by atoms with Crippen molar-refractivity contribution in [3.8, 4) is 0 Å². The molecule has 118 valence electrons. The van der Waals surface area contributed by atoms with Gasteiger partial charge in [-0.2, -0.15) is 0 Å². The van der Waals surface area contributed by atoms with Gasteiger partial charge in [0, 0.05) is 29.9 Å². The zero-order valence-electron chi connectivity index (χ0n) is 12.8. The molecule has 1 aliphatic rings. The minimum atomic E-state index is -0.478. The maximum atomic E-state index is 12.8. The Morgan fingerprint density at radius 3 is 2.43 bits per heavy atom. The van der Waals surface area contributed by atoms with Crippen molar-refractivity contribution in [2.75, 3.05) is 16.8 Å². The molecule has 3 rings (SSSR count). The standard InChI is InChI=1S/C18H17ClN2O2/c1-20(14-5-3-2-4-6-14)18(23)16-11-12-17(22)21(16)15-9-7-13(19)8-10-15/h2-10,16H,11-12H2,1H3. The SMILES string of the molecule is CN(C(=O)C1CCC(=O)N1c1ccc(Cl)cc1)c1ccccc1. The molecule has 1 saturated heterocycles. The Morgan fingerprint density at radius 1 is 1.13 bits per heavy atom. The quantitative estimate of drug-likeness (QED) is 0.865. The van der Waals surface area contributed by atoms with Crippen LogP contribution >= 0.6 is 11.6 Å². The summed E-state index contributed by atoms with van der Waals surface area (Å²) in [6, 6.07) is 15.9. The minimum absolute atomic E-state index is 0.0351. The first kappa shape index (κ1) is 15.6. The Hall–Kier alpha value is -2.33. The Kier molecular flexibility index (Phi) is 4.35. The van der Waals surface area contributed by atoms with Crippen molar-refractivity contribution in [2.24, 2.45) is 0 Å². The second kappa shape index (κ2) is 6.42. The van der Waals surface area contributed by atoms with Crippen molar-refractivity contribution in [2.45, 2.75) is 18.9 Å². The number of anilines is 2. The first-order valence-electron chi connectivity index (χ1n) is 7.48. The molecule has 1 atom stereocenters. The molecule has 2 aromatic rings. The van der Waals surface area contributed by atoms with Crippen LogP contribution in [-0.2, 0) is 9.59 Å². The van der Waals surface area contributed by atoms with Gasteiger partial charge in [-0.25, -0.2) is 0 Å². The molecule has 23 heavy (non-hydrogen) atoms. The Morgan fingerprint density at radius 2 is 1.78 bits per heavy atom. The highest BCUT2D eigenvalue weighted by molar-refractivity contribution is 6.30. The van der Waals surface area contributed by atoms with Crippen molar-refractivity contribution < 1.29 is 9.59 Å². The van der Waals surface area contributed by atoms with E-state index in [0.29, 0.717) is 23.6 Å². The summed E-state index contributed by atoms with van der Waals surface area (Å²) in [7, 11) is 1.74. The number of rotatable bonds is 3. The Labute approximate surface area is 140 Å². The zero-order valence-corrected chi connectivity index (χ0v) is 13.5. The summed E-state index contributed by atoms with van der Waals surface area (Å²) >= 11 is 5.91. The van der Waals surface area contributed by atoms with E-state index in [0.717, 1.165) is 5.69 Å². The minimum Gasteiger partial charge on any atom is -0.314 e. The third-order valence-corrected chi connectivity index (χ3v) is 4.33. The fraction of sp³-hybridized carbons (Fsp3) is 0.222. The van der Waals surface area contributed by atoms with Crippen LogP contribution in [0, 0.1) is 0 Å². The van der Waals surface area contributed by atoms with Crippen molar-refractivity contribution >= 4 is 34.8 Å². The summed E-state index contributed by atoms with van der Waals surface area (Å²) in [6.45, 7) is 0. The Bertz CT molecular complexity index is 716. The molecule has 0 N–H and O–H groups in total. The molecule has 4 nitrogen and oxygen atoms in total. The third kappa shape index (κ3) is 3.08. The molecule has 2 amide bonds. The van der Waals surface area contributed by atoms with E-state index in [1.165, 1.54) is 0 Å². The van der Waals surface area contributed by atoms with Crippen molar-refractivity contribution in [3.05, 3.63) is 59.6 Å². The molecule has 0 bridgehead atoms. The van der Waals surface area contributed by atoms with Crippen molar-refractivity contribution in [3.63, 3.8) is 0 Å². The molecule has 0 aliphatic carbocycles. The van der Waals surface area contributed by atoms with Crippen LogP contribution in [0.5, 0.6) is 0 Å². The van der Waals surface area contributed by atoms with Crippen molar-refractivity contribution in [1.82, 2.24) is 0 Å². The van der Waals surface area contributed by atoms with E-state index in [4.69, 9.17) is 11.6 Å². The number of carbonyl (C=O) groups excluding carboxylic acids is 2. The maximum Gasteiger partial charge on any atom is 0.249 e. The van der Waals surface area contributed by atoms with Crippen LogP contribution in [0.2, 0.25) is 5.02 Å². The molecule has 1 fully saturated rings. The molecule has 0 aromatic heterocycles. The van der Waals surface area contributed by atoms with Crippen LogP contribution in [0.25, 0.3) is 0 Å². The first-order chi connectivity index (χ1) is 11.1. The molecule has 5 heteroatoms. The number of para-hydroxylation sites is 1. The number of carbonyl (C=O) groups is 2. The molecule has 1 unspecified atom stereocenters. The lowest BCUT2D eigenvalue weighted by atomic mass is 10.1. The topological polar surface area (TPSA) is 40.6 Å². The lowest BCUT2D eigenvalue weighted by Gasteiger charge is -2.28. The average molecular weight is 329 g/mol. The number of likely N-dealkylation sites (N-methyl/N-ethyl adjacent to an activating group) is 1. The summed E-state index contributed by atoms with van der Waals surface area (Å²) in [5.41, 5.74) is 1.52. The number of benzene rings is 2. The summed E-state index contributed by atoms with van der Waals surface area (Å²) in [6.07, 6.45) is 0.902. The monoisotopic (exact) mass is 328 g/mol. The van der Waals surface area contributed by atoms with Crippen molar-refractivity contribution in [1.29, 1.82) is 0 Å². The molecular formula is C18H17ClN2O2. The highest BCUT2D eigenvalue weighted by atomic mass is 35.5. The zero-order chi connectivity index (χ0) is 16.4. The van der Waals surface area contributed by atoms with E-state index in [-0.39, 0.29) is 11.8 Å². The normalized spacial score (nSPS) is 17.4. The molecule has 1 aliphatic heterocycles. The van der Waals surface area contributed by atoms with Gasteiger partial charge in [-0.05, 0) is 42.8 Å². The van der Waals surface area contributed by atoms with Crippen LogP contribution < -0.4 is 9.80 Å². The molecule has 0 saturated carbocycles. The van der Waals surface area contributed by atoms with E-state index >= 15 is 0 Å². The van der Waals surface area contributed by atoms with E-state index in [9.17, 15) is 9.59 Å². The third-order valence-electron chi connectivity index (χ3n) is 4.08. The summed E-state index contributed by atoms with van der Waals surface area (Å²) in [4.78, 5) is 28.3. The lowest BCUT2D eigenvalue weighted by molar-refractivity contribution is -0.121. The number of halogens is 1. The van der Waals surface area contributed by atoms with Crippen LogP contribution in [0.3, 0.4) is 0 Å². The highest BCUT2D eigenvalue weighted by Crippen LogP contribution is 2.29. The second-order valence-electron chi connectivity index (χ2n) is 5.53. The second-order valence-corrected chi connectivity index (χ2v) is 5.96. The van der Waals surface area contributed by atoms with E-state index in [2.05, 4.69) is 0 Å². The predicted molar refractivity (Wildman–Crippen MR) is 91.8 cm³/mol. The van der Waals surface area contributed by atoms with Gasteiger partial charge in [-0.3, -0.25) is 14.5 Å². The molecular weight excluding hydrogens is 312 g/mol. The number of hydrogen-bond acceptors (Lipinski definition) is 2. The van der Waals surface area contributed by atoms with Gasteiger partial charge < -0.3 is 4.90 Å². The van der Waals surface area contributed by atoms with Gasteiger partial charge in [0.15, 0.2) is 0 Å². The average Bonchev–Trinajstić information content (AvgIpc) is 2.97. The molecule has 0 spiro atoms. The van der Waals surface area contributed by atoms with Gasteiger partial charge in [0.05, 0.1) is 0 Å². The van der Waals surface area contributed by atoms with Gasteiger partial charge in [0.2, 0.25) is 11.8 Å². The summed E-state index contributed by atoms with van der Waals surface area (Å²) < 4.78 is 0. The number of hydrogen-bond donors (Lipinski definition) is 0. The van der Waals surface area contributed by atoms with Gasteiger partial charge in [-0.15, -0.1) is 0 Å². The summed E-state index contributed by atoms with van der Waals surface area (Å²) in [5.74, 6) is -0.121. The largest absolute Gasteiger partial charge is 0.314 e. The van der Waals surface area contributed by atoms with Crippen LogP contribution in [0.15, 0.2) is 54.6 Å². The number of nitrogens with zero attached hydrogens (tertiary/aromatic N) is 2. The summed E-state index contributed by atoms with van der Waals surface area (Å²) in [5, 5.41) is 0.602. The highest BCUT2D eigenvalue weighted by Gasteiger charge is 2.38. The number of amides is 2. The van der Waals surface area contributed by atoms with Crippen LogP contribution in [0.4, 0.5) is 11.4 Å². The van der Waals surface area contributed by atoms with Crippen LogP contribution in [0.1, 0.15) is 12.8 Å². The molecule has 0 radical (unpaired) electrons.